The van der Waals surface area contributed by atoms with Gasteiger partial charge in [-0.2, -0.15) is 0 Å². The maximum Gasteiger partial charge on any atom is 0.328 e. The third kappa shape index (κ3) is 4.55. The van der Waals surface area contributed by atoms with E-state index in [0.717, 1.165) is 6.08 Å². The summed E-state index contributed by atoms with van der Waals surface area (Å²) in [6.07, 6.45) is 2.52. The van der Waals surface area contributed by atoms with E-state index >= 15 is 0 Å². The van der Waals surface area contributed by atoms with Crippen molar-refractivity contribution in [2.24, 2.45) is 0 Å². The van der Waals surface area contributed by atoms with Crippen molar-refractivity contribution in [3.05, 3.63) is 39.9 Å². The molecule has 0 aliphatic carbocycles. The first-order valence-corrected chi connectivity index (χ1v) is 5.97. The molecule has 1 atom stereocenters. The fourth-order valence-corrected chi connectivity index (χ4v) is 1.59. The molecule has 1 aromatic carbocycles. The molecule has 3 N–H and O–H groups in total. The highest BCUT2D eigenvalue weighted by atomic mass is 35.5. The summed E-state index contributed by atoms with van der Waals surface area (Å²) in [4.78, 5) is 22.0. The molecule has 0 aliphatic rings. The van der Waals surface area contributed by atoms with Crippen LogP contribution in [0.2, 0.25) is 10.0 Å². The number of aliphatic hydroxyl groups excluding tert-OH is 1. The zero-order chi connectivity index (χ0) is 14.4. The van der Waals surface area contributed by atoms with Gasteiger partial charge >= 0.3 is 5.97 Å². The summed E-state index contributed by atoms with van der Waals surface area (Å²) in [5.74, 6) is -1.97. The third-order valence-electron chi connectivity index (χ3n) is 2.19. The van der Waals surface area contributed by atoms with Gasteiger partial charge in [-0.3, -0.25) is 4.79 Å². The number of nitrogens with one attached hydrogen (secondary N) is 1. The highest BCUT2D eigenvalue weighted by Crippen LogP contribution is 2.26. The number of aliphatic hydroxyl groups is 1. The minimum atomic E-state index is -1.34. The van der Waals surface area contributed by atoms with E-state index in [1.54, 1.807) is 18.2 Å². The Morgan fingerprint density at radius 3 is 2.63 bits per heavy atom. The maximum atomic E-state index is 11.4. The Kier molecular flexibility index (Phi) is 5.82. The molecular weight excluding hydrogens is 293 g/mol. The summed E-state index contributed by atoms with van der Waals surface area (Å²) in [6.45, 7) is -0.688. The van der Waals surface area contributed by atoms with Crippen LogP contribution in [-0.2, 0) is 9.59 Å². The molecule has 102 valence electrons. The fraction of sp³-hybridized carbons (Fsp3) is 0.167. The number of halogens is 2. The molecule has 1 rings (SSSR count). The molecule has 1 amide bonds. The first-order chi connectivity index (χ1) is 8.95. The van der Waals surface area contributed by atoms with Gasteiger partial charge in [-0.25, -0.2) is 4.79 Å². The van der Waals surface area contributed by atoms with Gasteiger partial charge in [0.05, 0.1) is 16.7 Å². The van der Waals surface area contributed by atoms with Crippen molar-refractivity contribution >= 4 is 41.2 Å². The quantitative estimate of drug-likeness (QED) is 0.721. The van der Waals surface area contributed by atoms with Gasteiger partial charge in [-0.05, 0) is 17.7 Å². The average Bonchev–Trinajstić information content (AvgIpc) is 2.37. The van der Waals surface area contributed by atoms with Crippen LogP contribution in [0.3, 0.4) is 0 Å². The third-order valence-corrected chi connectivity index (χ3v) is 3.03. The molecule has 0 bridgehead atoms. The van der Waals surface area contributed by atoms with Gasteiger partial charge in [0.2, 0.25) is 5.91 Å². The van der Waals surface area contributed by atoms with Crippen LogP contribution in [-0.4, -0.2) is 34.7 Å². The van der Waals surface area contributed by atoms with Crippen molar-refractivity contribution in [3.63, 3.8) is 0 Å². The largest absolute Gasteiger partial charge is 0.480 e. The highest BCUT2D eigenvalue weighted by molar-refractivity contribution is 6.42. The zero-order valence-corrected chi connectivity index (χ0v) is 11.1. The van der Waals surface area contributed by atoms with Crippen molar-refractivity contribution in [2.45, 2.75) is 6.04 Å². The number of aliphatic carboxylic acids is 1. The van der Waals surface area contributed by atoms with Gasteiger partial charge in [-0.15, -0.1) is 0 Å². The standard InChI is InChI=1S/C12H11Cl2NO4/c13-8-3-1-2-7(11(8)14)4-5-10(17)15-9(6-16)12(18)19/h1-5,9,16H,6H2,(H,15,17)(H,18,19)/b5-4+/t9-/m0/s1. The molecule has 0 saturated carbocycles. The summed E-state index contributed by atoms with van der Waals surface area (Å²) in [5, 5.41) is 20.2. The van der Waals surface area contributed by atoms with Gasteiger partial charge in [0.1, 0.15) is 0 Å². The number of carboxylic acids is 1. The lowest BCUT2D eigenvalue weighted by Gasteiger charge is -2.09. The molecule has 0 heterocycles. The van der Waals surface area contributed by atoms with Crippen molar-refractivity contribution in [3.8, 4) is 0 Å². The maximum absolute atomic E-state index is 11.4. The molecule has 0 unspecified atom stereocenters. The van der Waals surface area contributed by atoms with Crippen molar-refractivity contribution in [2.75, 3.05) is 6.61 Å². The molecule has 0 spiro atoms. The molecule has 0 saturated heterocycles. The summed E-state index contributed by atoms with van der Waals surface area (Å²) in [5.41, 5.74) is 0.528. The number of carboxylic acid groups (broad SMARTS) is 1. The molecule has 1 aromatic rings. The molecule has 7 heteroatoms. The second kappa shape index (κ2) is 7.13. The highest BCUT2D eigenvalue weighted by Gasteiger charge is 2.17. The molecule has 0 radical (unpaired) electrons. The van der Waals surface area contributed by atoms with Crippen LogP contribution in [0.25, 0.3) is 6.08 Å². The van der Waals surface area contributed by atoms with Gasteiger partial charge < -0.3 is 15.5 Å². The molecule has 0 aliphatic heterocycles. The normalized spacial score (nSPS) is 12.4. The predicted octanol–water partition coefficient (Wildman–Crippen LogP) is 1.57. The number of rotatable bonds is 5. The number of hydrogen-bond donors (Lipinski definition) is 3. The summed E-state index contributed by atoms with van der Waals surface area (Å²) >= 11 is 11.7. The van der Waals surface area contributed by atoms with E-state index in [1.165, 1.54) is 6.08 Å². The minimum absolute atomic E-state index is 0.296. The van der Waals surface area contributed by atoms with Crippen LogP contribution < -0.4 is 5.32 Å². The Morgan fingerprint density at radius 1 is 1.37 bits per heavy atom. The second-order valence-corrected chi connectivity index (χ2v) is 4.34. The fourth-order valence-electron chi connectivity index (χ4n) is 1.22. The van der Waals surface area contributed by atoms with Gasteiger partial charge in [0, 0.05) is 6.08 Å². The molecule has 0 aromatic heterocycles. The Bertz CT molecular complexity index is 516. The summed E-state index contributed by atoms with van der Waals surface area (Å²) in [7, 11) is 0. The van der Waals surface area contributed by atoms with Crippen LogP contribution in [0.15, 0.2) is 24.3 Å². The average molecular weight is 304 g/mol. The summed E-state index contributed by atoms with van der Waals surface area (Å²) in [6, 6.07) is 3.58. The van der Waals surface area contributed by atoms with Gasteiger partial charge in [0.25, 0.3) is 0 Å². The van der Waals surface area contributed by atoms with Gasteiger partial charge in [-0.1, -0.05) is 35.3 Å². The minimum Gasteiger partial charge on any atom is -0.480 e. The summed E-state index contributed by atoms with van der Waals surface area (Å²) < 4.78 is 0. The zero-order valence-electron chi connectivity index (χ0n) is 9.64. The van der Waals surface area contributed by atoms with Crippen LogP contribution in [0.1, 0.15) is 5.56 Å². The Morgan fingerprint density at radius 2 is 2.05 bits per heavy atom. The number of hydrogen-bond acceptors (Lipinski definition) is 3. The van der Waals surface area contributed by atoms with E-state index in [-0.39, 0.29) is 0 Å². The molecule has 5 nitrogen and oxygen atoms in total. The molecular formula is C12H11Cl2NO4. The van der Waals surface area contributed by atoms with Crippen LogP contribution in [0, 0.1) is 0 Å². The first-order valence-electron chi connectivity index (χ1n) is 5.22. The van der Waals surface area contributed by atoms with E-state index in [0.29, 0.717) is 15.6 Å². The second-order valence-electron chi connectivity index (χ2n) is 3.56. The van der Waals surface area contributed by atoms with E-state index in [9.17, 15) is 9.59 Å². The SMILES string of the molecule is O=C(/C=C/c1cccc(Cl)c1Cl)N[C@@H](CO)C(=O)O. The van der Waals surface area contributed by atoms with E-state index in [1.807, 2.05) is 0 Å². The lowest BCUT2D eigenvalue weighted by atomic mass is 10.2. The van der Waals surface area contributed by atoms with Crippen molar-refractivity contribution < 1.29 is 19.8 Å². The van der Waals surface area contributed by atoms with E-state index in [2.05, 4.69) is 5.32 Å². The first kappa shape index (κ1) is 15.5. The van der Waals surface area contributed by atoms with E-state index in [4.69, 9.17) is 33.4 Å². The lowest BCUT2D eigenvalue weighted by Crippen LogP contribution is -2.42. The Balaban J connectivity index is 2.73. The Hall–Kier alpha value is -1.56. The van der Waals surface area contributed by atoms with Crippen LogP contribution >= 0.6 is 23.2 Å². The monoisotopic (exact) mass is 303 g/mol. The predicted molar refractivity (Wildman–Crippen MR) is 72.1 cm³/mol. The Labute approximate surface area is 119 Å². The number of benzene rings is 1. The smallest absolute Gasteiger partial charge is 0.328 e. The topological polar surface area (TPSA) is 86.6 Å². The molecule has 0 fully saturated rings. The number of carbonyl (C=O) groups excluding carboxylic acids is 1. The van der Waals surface area contributed by atoms with Crippen LogP contribution in [0.4, 0.5) is 0 Å². The lowest BCUT2D eigenvalue weighted by molar-refractivity contribution is -0.142. The van der Waals surface area contributed by atoms with Crippen molar-refractivity contribution in [1.29, 1.82) is 0 Å². The van der Waals surface area contributed by atoms with E-state index < -0.39 is 24.5 Å². The van der Waals surface area contributed by atoms with Crippen molar-refractivity contribution in [1.82, 2.24) is 5.32 Å². The molecule has 19 heavy (non-hydrogen) atoms. The van der Waals surface area contributed by atoms with Crippen LogP contribution in [0.5, 0.6) is 0 Å². The number of carbonyl (C=O) groups is 2. The van der Waals surface area contributed by atoms with Gasteiger partial charge in [0.15, 0.2) is 6.04 Å². The number of amides is 1.